The van der Waals surface area contributed by atoms with E-state index in [2.05, 4.69) is 15.3 Å². The number of esters is 1. The topological polar surface area (TPSA) is 101 Å². The molecule has 2 N–H and O–H groups in total. The van der Waals surface area contributed by atoms with E-state index in [1.807, 2.05) is 12.1 Å². The Morgan fingerprint density at radius 1 is 1.22 bits per heavy atom. The summed E-state index contributed by atoms with van der Waals surface area (Å²) in [5.74, 6) is -0.228. The maximum atomic E-state index is 12.4. The predicted molar refractivity (Wildman–Crippen MR) is 106 cm³/mol. The van der Waals surface area contributed by atoms with Gasteiger partial charge in [0.05, 0.1) is 12.5 Å². The maximum Gasteiger partial charge on any atom is 0.348 e. The Kier molecular flexibility index (Phi) is 5.18. The molecule has 3 rings (SSSR count). The Morgan fingerprint density at radius 2 is 1.93 bits per heavy atom. The number of nitrogens with zero attached hydrogens (tertiary/aromatic N) is 1. The lowest BCUT2D eigenvalue weighted by atomic mass is 10.2. The highest BCUT2D eigenvalue weighted by Crippen LogP contribution is 2.27. The van der Waals surface area contributed by atoms with Crippen LogP contribution in [0.25, 0.3) is 22.4 Å². The predicted octanol–water partition coefficient (Wildman–Crippen LogP) is 3.21. The number of rotatable bonds is 4. The van der Waals surface area contributed by atoms with E-state index >= 15 is 0 Å². The Labute approximate surface area is 158 Å². The summed E-state index contributed by atoms with van der Waals surface area (Å²) in [4.78, 5) is 43.2. The van der Waals surface area contributed by atoms with Gasteiger partial charge in [-0.25, -0.2) is 9.78 Å². The number of fused-ring (bicyclic) bond motifs is 1. The van der Waals surface area contributed by atoms with Crippen LogP contribution in [0.5, 0.6) is 0 Å². The van der Waals surface area contributed by atoms with Crippen molar-refractivity contribution in [2.45, 2.75) is 13.8 Å². The van der Waals surface area contributed by atoms with Crippen LogP contribution in [0.15, 0.2) is 29.1 Å². The second-order valence-electron chi connectivity index (χ2n) is 5.82. The van der Waals surface area contributed by atoms with Crippen molar-refractivity contribution < 1.29 is 14.3 Å². The number of benzene rings is 1. The van der Waals surface area contributed by atoms with Gasteiger partial charge >= 0.3 is 5.97 Å². The molecule has 138 valence electrons. The third-order valence-corrected chi connectivity index (χ3v) is 5.02. The highest BCUT2D eigenvalue weighted by Gasteiger charge is 2.19. The molecule has 0 atom stereocenters. The lowest BCUT2D eigenvalue weighted by molar-refractivity contribution is -0.114. The molecule has 8 heteroatoms. The Balaban J connectivity index is 1.91. The molecule has 27 heavy (non-hydrogen) atoms. The number of amides is 1. The van der Waals surface area contributed by atoms with Gasteiger partial charge in [-0.05, 0) is 36.3 Å². The molecule has 0 aliphatic heterocycles. The Bertz CT molecular complexity index is 1110. The molecule has 0 spiro atoms. The lowest BCUT2D eigenvalue weighted by Crippen LogP contribution is -2.09. The number of methoxy groups -OCH3 is 1. The van der Waals surface area contributed by atoms with Crippen LogP contribution < -0.4 is 10.9 Å². The van der Waals surface area contributed by atoms with E-state index in [1.54, 1.807) is 31.2 Å². The molecule has 3 aromatic rings. The smallest absolute Gasteiger partial charge is 0.348 e. The van der Waals surface area contributed by atoms with Gasteiger partial charge in [-0.3, -0.25) is 9.59 Å². The van der Waals surface area contributed by atoms with E-state index in [-0.39, 0.29) is 11.5 Å². The van der Waals surface area contributed by atoms with Gasteiger partial charge in [0.2, 0.25) is 5.91 Å². The standard InChI is InChI=1S/C19H17N3O4S/c1-10-15-17(24)21-14(22-18(15)27-16(10)19(25)26-3)9-6-12-4-7-13(8-5-12)20-11(2)23/h4-9H,1-3H3,(H,20,23)(H,21,22,24)/b9-6+. The van der Waals surface area contributed by atoms with E-state index in [9.17, 15) is 14.4 Å². The van der Waals surface area contributed by atoms with Gasteiger partial charge in [-0.15, -0.1) is 11.3 Å². The van der Waals surface area contributed by atoms with Gasteiger partial charge < -0.3 is 15.0 Å². The first kappa shape index (κ1) is 18.5. The number of anilines is 1. The molecule has 0 unspecified atom stereocenters. The molecule has 1 aromatic carbocycles. The van der Waals surface area contributed by atoms with Crippen LogP contribution in [0.4, 0.5) is 5.69 Å². The number of hydrogen-bond acceptors (Lipinski definition) is 6. The molecule has 0 saturated carbocycles. The fraction of sp³-hybridized carbons (Fsp3) is 0.158. The van der Waals surface area contributed by atoms with E-state index < -0.39 is 5.97 Å². The molecule has 0 fully saturated rings. The molecular weight excluding hydrogens is 366 g/mol. The summed E-state index contributed by atoms with van der Waals surface area (Å²) < 4.78 is 4.75. The number of aryl methyl sites for hydroxylation is 1. The number of H-pyrrole nitrogens is 1. The summed E-state index contributed by atoms with van der Waals surface area (Å²) in [6, 6.07) is 7.24. The van der Waals surface area contributed by atoms with Crippen molar-refractivity contribution in [1.82, 2.24) is 9.97 Å². The van der Waals surface area contributed by atoms with Gasteiger partial charge in [-0.1, -0.05) is 18.2 Å². The molecule has 2 aromatic heterocycles. The number of carbonyl (C=O) groups is 2. The largest absolute Gasteiger partial charge is 0.465 e. The third kappa shape index (κ3) is 3.95. The van der Waals surface area contributed by atoms with Crippen molar-refractivity contribution in [2.75, 3.05) is 12.4 Å². The first-order valence-electron chi connectivity index (χ1n) is 8.06. The third-order valence-electron chi connectivity index (χ3n) is 3.85. The fourth-order valence-corrected chi connectivity index (χ4v) is 3.69. The second-order valence-corrected chi connectivity index (χ2v) is 6.81. The maximum absolute atomic E-state index is 12.4. The molecular formula is C19H17N3O4S. The van der Waals surface area contributed by atoms with Crippen LogP contribution in [0.3, 0.4) is 0 Å². The van der Waals surface area contributed by atoms with Crippen LogP contribution in [-0.4, -0.2) is 29.0 Å². The summed E-state index contributed by atoms with van der Waals surface area (Å²) in [6.45, 7) is 3.15. The Hall–Kier alpha value is -3.26. The summed E-state index contributed by atoms with van der Waals surface area (Å²) in [7, 11) is 1.30. The van der Waals surface area contributed by atoms with Gasteiger partial charge in [0.25, 0.3) is 5.56 Å². The van der Waals surface area contributed by atoms with E-state index in [0.717, 1.165) is 16.9 Å². The molecule has 0 radical (unpaired) electrons. The summed E-state index contributed by atoms with van der Waals surface area (Å²) in [5.41, 5.74) is 1.85. The lowest BCUT2D eigenvalue weighted by Gasteiger charge is -2.01. The zero-order chi connectivity index (χ0) is 19.6. The number of aromatic nitrogens is 2. The van der Waals surface area contributed by atoms with Crippen molar-refractivity contribution in [2.24, 2.45) is 0 Å². The first-order valence-corrected chi connectivity index (χ1v) is 8.88. The van der Waals surface area contributed by atoms with Crippen molar-refractivity contribution in [3.63, 3.8) is 0 Å². The van der Waals surface area contributed by atoms with Gasteiger partial charge in [0.15, 0.2) is 0 Å². The fourth-order valence-electron chi connectivity index (χ4n) is 2.58. The zero-order valence-corrected chi connectivity index (χ0v) is 15.8. The highest BCUT2D eigenvalue weighted by molar-refractivity contribution is 7.20. The second kappa shape index (κ2) is 7.55. The summed E-state index contributed by atoms with van der Waals surface area (Å²) in [5, 5.41) is 3.10. The number of ether oxygens (including phenoxy) is 1. The minimum absolute atomic E-state index is 0.133. The first-order chi connectivity index (χ1) is 12.9. The number of thiophene rings is 1. The molecule has 0 saturated heterocycles. The van der Waals surface area contributed by atoms with Crippen molar-refractivity contribution in [1.29, 1.82) is 0 Å². The molecule has 0 aliphatic carbocycles. The van der Waals surface area contributed by atoms with E-state index in [4.69, 9.17) is 4.74 Å². The van der Waals surface area contributed by atoms with Crippen LogP contribution >= 0.6 is 11.3 Å². The minimum Gasteiger partial charge on any atom is -0.465 e. The average Bonchev–Trinajstić information content (AvgIpc) is 2.97. The van der Waals surface area contributed by atoms with Crippen LogP contribution in [0.1, 0.15) is 33.5 Å². The summed E-state index contributed by atoms with van der Waals surface area (Å²) in [6.07, 6.45) is 3.48. The molecule has 7 nitrogen and oxygen atoms in total. The zero-order valence-electron chi connectivity index (χ0n) is 15.0. The van der Waals surface area contributed by atoms with Crippen LogP contribution in [0.2, 0.25) is 0 Å². The monoisotopic (exact) mass is 383 g/mol. The van der Waals surface area contributed by atoms with Crippen molar-refractivity contribution in [3.05, 3.63) is 56.4 Å². The number of carbonyl (C=O) groups excluding carboxylic acids is 2. The molecule has 0 bridgehead atoms. The summed E-state index contributed by atoms with van der Waals surface area (Å²) >= 11 is 1.13. The van der Waals surface area contributed by atoms with Crippen molar-refractivity contribution >= 4 is 51.3 Å². The van der Waals surface area contributed by atoms with E-state index in [1.165, 1.54) is 14.0 Å². The van der Waals surface area contributed by atoms with Gasteiger partial charge in [0, 0.05) is 12.6 Å². The van der Waals surface area contributed by atoms with Gasteiger partial charge in [0.1, 0.15) is 15.5 Å². The van der Waals surface area contributed by atoms with Crippen molar-refractivity contribution in [3.8, 4) is 0 Å². The molecule has 1 amide bonds. The average molecular weight is 383 g/mol. The van der Waals surface area contributed by atoms with Gasteiger partial charge in [-0.2, -0.15) is 0 Å². The normalized spacial score (nSPS) is 11.1. The minimum atomic E-state index is -0.480. The van der Waals surface area contributed by atoms with E-state index in [0.29, 0.717) is 32.2 Å². The molecule has 0 aliphatic rings. The Morgan fingerprint density at radius 3 is 2.56 bits per heavy atom. The van der Waals surface area contributed by atoms with Crippen LogP contribution in [0, 0.1) is 6.92 Å². The quantitative estimate of drug-likeness (QED) is 0.674. The molecule has 2 heterocycles. The van der Waals surface area contributed by atoms with Crippen LogP contribution in [-0.2, 0) is 9.53 Å². The SMILES string of the molecule is COC(=O)c1sc2nc(/C=C/c3ccc(NC(C)=O)cc3)[nH]c(=O)c2c1C. The number of aromatic amines is 1. The number of hydrogen-bond donors (Lipinski definition) is 2. The highest BCUT2D eigenvalue weighted by atomic mass is 32.1. The number of nitrogens with one attached hydrogen (secondary N) is 2.